The molecule has 1 unspecified atom stereocenters. The quantitative estimate of drug-likeness (QED) is 0.776. The van der Waals surface area contributed by atoms with Gasteiger partial charge >= 0.3 is 0 Å². The molecular weight excluding hydrogens is 246 g/mol. The van der Waals surface area contributed by atoms with Gasteiger partial charge in [-0.15, -0.1) is 0 Å². The van der Waals surface area contributed by atoms with Crippen LogP contribution >= 0.6 is 0 Å². The Morgan fingerprint density at radius 1 is 1.11 bits per heavy atom. The molecule has 104 valence electrons. The van der Waals surface area contributed by atoms with E-state index in [0.29, 0.717) is 12.0 Å². The molecule has 1 nitrogen and oxygen atoms in total. The summed E-state index contributed by atoms with van der Waals surface area (Å²) in [6, 6.07) is 2.62. The zero-order chi connectivity index (χ0) is 13.8. The number of halogens is 2. The lowest BCUT2D eigenvalue weighted by Crippen LogP contribution is -2.09. The van der Waals surface area contributed by atoms with E-state index in [1.165, 1.54) is 18.6 Å². The Kier molecular flexibility index (Phi) is 4.70. The van der Waals surface area contributed by atoms with E-state index in [9.17, 15) is 13.9 Å². The molecule has 0 bridgehead atoms. The Balaban J connectivity index is 2.32. The van der Waals surface area contributed by atoms with Gasteiger partial charge in [0.2, 0.25) is 0 Å². The molecule has 1 N–H and O–H groups in total. The number of aliphatic hydroxyl groups is 1. The number of aryl methyl sites for hydroxylation is 1. The second kappa shape index (κ2) is 6.29. The molecule has 0 amide bonds. The third-order valence-electron chi connectivity index (χ3n) is 3.77. The van der Waals surface area contributed by atoms with Crippen molar-refractivity contribution in [1.82, 2.24) is 0 Å². The highest BCUT2D eigenvalue weighted by molar-refractivity contribution is 5.33. The molecule has 3 heteroatoms. The third kappa shape index (κ3) is 3.21. The van der Waals surface area contributed by atoms with E-state index >= 15 is 0 Å². The summed E-state index contributed by atoms with van der Waals surface area (Å²) in [5, 5.41) is 10.3. The average Bonchev–Trinajstić information content (AvgIpc) is 2.34. The van der Waals surface area contributed by atoms with E-state index in [4.69, 9.17) is 0 Å². The van der Waals surface area contributed by atoms with Crippen LogP contribution in [0.1, 0.15) is 55.8 Å². The second-order valence-corrected chi connectivity index (χ2v) is 5.23. The van der Waals surface area contributed by atoms with Crippen LogP contribution in [0.2, 0.25) is 0 Å². The predicted octanol–water partition coefficient (Wildman–Crippen LogP) is 4.59. The highest BCUT2D eigenvalue weighted by atomic mass is 19.1. The zero-order valence-corrected chi connectivity index (χ0v) is 11.3. The minimum Gasteiger partial charge on any atom is -0.384 e. The molecule has 0 saturated heterocycles. The van der Waals surface area contributed by atoms with E-state index < -0.39 is 17.7 Å². The molecule has 2 rings (SSSR count). The summed E-state index contributed by atoms with van der Waals surface area (Å²) < 4.78 is 27.8. The summed E-state index contributed by atoms with van der Waals surface area (Å²) in [6.07, 6.45) is 6.74. The fraction of sp³-hybridized carbons (Fsp3) is 0.500. The molecule has 19 heavy (non-hydrogen) atoms. The molecule has 0 aromatic heterocycles. The smallest absolute Gasteiger partial charge is 0.135 e. The van der Waals surface area contributed by atoms with Crippen LogP contribution in [0.5, 0.6) is 0 Å². The van der Waals surface area contributed by atoms with Crippen molar-refractivity contribution in [2.75, 3.05) is 0 Å². The summed E-state index contributed by atoms with van der Waals surface area (Å²) in [5.74, 6) is -1.30. The lowest BCUT2D eigenvalue weighted by Gasteiger charge is -2.19. The van der Waals surface area contributed by atoms with Gasteiger partial charge in [0.25, 0.3) is 0 Å². The van der Waals surface area contributed by atoms with E-state index in [0.717, 1.165) is 31.3 Å². The van der Waals surface area contributed by atoms with Gasteiger partial charge in [0, 0.05) is 0 Å². The van der Waals surface area contributed by atoms with Gasteiger partial charge in [-0.3, -0.25) is 0 Å². The maximum absolute atomic E-state index is 14.0. The maximum atomic E-state index is 14.0. The first-order chi connectivity index (χ1) is 9.11. The molecule has 0 heterocycles. The molecule has 0 fully saturated rings. The number of rotatable bonds is 2. The van der Waals surface area contributed by atoms with Gasteiger partial charge in [0.1, 0.15) is 17.7 Å². The highest BCUT2D eigenvalue weighted by Crippen LogP contribution is 2.32. The van der Waals surface area contributed by atoms with Gasteiger partial charge in [-0.25, -0.2) is 8.78 Å². The van der Waals surface area contributed by atoms with Gasteiger partial charge in [0.15, 0.2) is 0 Å². The molecule has 1 atom stereocenters. The van der Waals surface area contributed by atoms with Crippen molar-refractivity contribution in [2.45, 2.75) is 51.6 Å². The normalized spacial score (nSPS) is 21.2. The molecule has 1 aromatic rings. The molecule has 0 spiro atoms. The van der Waals surface area contributed by atoms with Crippen LogP contribution < -0.4 is 0 Å². The summed E-state index contributed by atoms with van der Waals surface area (Å²) >= 11 is 0. The van der Waals surface area contributed by atoms with Crippen LogP contribution in [0.4, 0.5) is 8.78 Å². The molecule has 0 saturated carbocycles. The zero-order valence-electron chi connectivity index (χ0n) is 11.3. The highest BCUT2D eigenvalue weighted by Gasteiger charge is 2.22. The van der Waals surface area contributed by atoms with Gasteiger partial charge in [-0.1, -0.05) is 25.0 Å². The van der Waals surface area contributed by atoms with Crippen molar-refractivity contribution in [3.05, 3.63) is 46.5 Å². The summed E-state index contributed by atoms with van der Waals surface area (Å²) in [7, 11) is 0. The van der Waals surface area contributed by atoms with Crippen LogP contribution in [-0.4, -0.2) is 5.11 Å². The Hall–Kier alpha value is -1.22. The first-order valence-corrected chi connectivity index (χ1v) is 6.92. The molecule has 1 aliphatic rings. The van der Waals surface area contributed by atoms with Crippen LogP contribution in [-0.2, 0) is 0 Å². The minimum absolute atomic E-state index is 0.202. The Labute approximate surface area is 113 Å². The van der Waals surface area contributed by atoms with Gasteiger partial charge in [-0.05, 0) is 49.8 Å². The number of hydrogen-bond acceptors (Lipinski definition) is 1. The van der Waals surface area contributed by atoms with E-state index in [2.05, 4.69) is 0 Å². The second-order valence-electron chi connectivity index (χ2n) is 5.23. The molecule has 0 radical (unpaired) electrons. The number of aliphatic hydroxyl groups excluding tert-OH is 1. The largest absolute Gasteiger partial charge is 0.384 e. The van der Waals surface area contributed by atoms with Gasteiger partial charge in [0.05, 0.1) is 5.56 Å². The fourth-order valence-corrected chi connectivity index (χ4v) is 2.58. The van der Waals surface area contributed by atoms with Crippen molar-refractivity contribution in [2.24, 2.45) is 0 Å². The van der Waals surface area contributed by atoms with Crippen molar-refractivity contribution in [3.63, 3.8) is 0 Å². The topological polar surface area (TPSA) is 20.2 Å². The Bertz CT molecular complexity index is 480. The maximum Gasteiger partial charge on any atom is 0.135 e. The number of hydrogen-bond donors (Lipinski definition) is 1. The summed E-state index contributed by atoms with van der Waals surface area (Å²) in [4.78, 5) is 0. The Morgan fingerprint density at radius 3 is 2.63 bits per heavy atom. The SMILES string of the molecule is Cc1ccc(F)c(C(O)/C2=C/CCCCCC2)c1F. The van der Waals surface area contributed by atoms with E-state index in [1.54, 1.807) is 6.92 Å². The lowest BCUT2D eigenvalue weighted by atomic mass is 9.91. The van der Waals surface area contributed by atoms with Crippen molar-refractivity contribution >= 4 is 0 Å². The average molecular weight is 266 g/mol. The fourth-order valence-electron chi connectivity index (χ4n) is 2.58. The number of allylic oxidation sites excluding steroid dienone is 1. The van der Waals surface area contributed by atoms with Gasteiger partial charge in [-0.2, -0.15) is 0 Å². The lowest BCUT2D eigenvalue weighted by molar-refractivity contribution is 0.198. The van der Waals surface area contributed by atoms with Crippen LogP contribution in [0.3, 0.4) is 0 Å². The van der Waals surface area contributed by atoms with Crippen LogP contribution in [0.25, 0.3) is 0 Å². The molecular formula is C16H20F2O. The Morgan fingerprint density at radius 2 is 1.84 bits per heavy atom. The standard InChI is InChI=1S/C16H20F2O/c1-11-9-10-13(17)14(15(11)18)16(19)12-7-5-3-2-4-6-8-12/h7,9-10,16,19H,2-6,8H2,1H3/b12-7+. The van der Waals surface area contributed by atoms with Crippen molar-refractivity contribution in [3.8, 4) is 0 Å². The monoisotopic (exact) mass is 266 g/mol. The van der Waals surface area contributed by atoms with Crippen molar-refractivity contribution in [1.29, 1.82) is 0 Å². The molecule has 1 aromatic carbocycles. The number of benzene rings is 1. The minimum atomic E-state index is -1.15. The van der Waals surface area contributed by atoms with Crippen LogP contribution in [0.15, 0.2) is 23.8 Å². The molecule has 0 aliphatic heterocycles. The van der Waals surface area contributed by atoms with Crippen LogP contribution in [0, 0.1) is 18.6 Å². The van der Waals surface area contributed by atoms with Gasteiger partial charge < -0.3 is 5.11 Å². The van der Waals surface area contributed by atoms with Crippen molar-refractivity contribution < 1.29 is 13.9 Å². The van der Waals surface area contributed by atoms with E-state index in [-0.39, 0.29) is 5.56 Å². The predicted molar refractivity (Wildman–Crippen MR) is 71.8 cm³/mol. The first-order valence-electron chi connectivity index (χ1n) is 6.92. The van der Waals surface area contributed by atoms with E-state index in [1.807, 2.05) is 6.08 Å². The first kappa shape index (κ1) is 14.2. The summed E-state index contributed by atoms with van der Waals surface area (Å²) in [5.41, 5.74) is 0.914. The molecule has 1 aliphatic carbocycles. The summed E-state index contributed by atoms with van der Waals surface area (Å²) in [6.45, 7) is 1.58. The third-order valence-corrected chi connectivity index (χ3v) is 3.77.